The Balaban J connectivity index is 1.83. The molecule has 1 aromatic heterocycles. The van der Waals surface area contributed by atoms with Crippen LogP contribution in [0, 0.1) is 6.92 Å². The molecule has 0 aliphatic rings. The second-order valence-corrected chi connectivity index (χ2v) is 10.1. The Labute approximate surface area is 174 Å². The molecular weight excluding hydrogens is 400 g/mol. The van der Waals surface area contributed by atoms with Crippen molar-refractivity contribution < 1.29 is 13.5 Å². The fourth-order valence-electron chi connectivity index (χ4n) is 3.61. The van der Waals surface area contributed by atoms with Gasteiger partial charge in [0.2, 0.25) is 0 Å². The molecule has 0 bridgehead atoms. The monoisotopic (exact) mass is 420 g/mol. The summed E-state index contributed by atoms with van der Waals surface area (Å²) in [7, 11) is -3.62. The van der Waals surface area contributed by atoms with Gasteiger partial charge in [-0.2, -0.15) is 0 Å². The molecule has 3 nitrogen and oxygen atoms in total. The van der Waals surface area contributed by atoms with E-state index in [-0.39, 0.29) is 11.5 Å². The van der Waals surface area contributed by atoms with Crippen LogP contribution >= 0.6 is 11.3 Å². The third kappa shape index (κ3) is 3.71. The smallest absolute Gasteiger partial charge is 0.184 e. The number of hydrogen-bond donors (Lipinski definition) is 1. The average molecular weight is 421 g/mol. The minimum absolute atomic E-state index is 0.137. The number of aliphatic hydroxyl groups is 1. The van der Waals surface area contributed by atoms with E-state index in [4.69, 9.17) is 0 Å². The molecule has 0 atom stereocenters. The Morgan fingerprint density at radius 3 is 2.38 bits per heavy atom. The van der Waals surface area contributed by atoms with E-state index in [0.29, 0.717) is 16.0 Å². The predicted molar refractivity (Wildman–Crippen MR) is 121 cm³/mol. The maximum atomic E-state index is 13.4. The minimum Gasteiger partial charge on any atom is -0.508 e. The second-order valence-electron chi connectivity index (χ2n) is 6.93. The van der Waals surface area contributed by atoms with Gasteiger partial charge < -0.3 is 5.11 Å². The Kier molecular flexibility index (Phi) is 5.03. The van der Waals surface area contributed by atoms with Crippen LogP contribution in [0.1, 0.15) is 16.0 Å². The average Bonchev–Trinajstić information content (AvgIpc) is 3.04. The quantitative estimate of drug-likeness (QED) is 0.381. The number of sulfone groups is 1. The zero-order valence-corrected chi connectivity index (χ0v) is 17.6. The molecule has 0 saturated carbocycles. The van der Waals surface area contributed by atoms with Gasteiger partial charge in [0.15, 0.2) is 9.84 Å². The van der Waals surface area contributed by atoms with Crippen molar-refractivity contribution >= 4 is 37.0 Å². The van der Waals surface area contributed by atoms with Gasteiger partial charge in [0.25, 0.3) is 0 Å². The van der Waals surface area contributed by atoms with Gasteiger partial charge in [0, 0.05) is 20.5 Å². The molecule has 3 aromatic carbocycles. The summed E-state index contributed by atoms with van der Waals surface area (Å²) < 4.78 is 27.8. The highest BCUT2D eigenvalue weighted by molar-refractivity contribution is 7.91. The summed E-state index contributed by atoms with van der Waals surface area (Å²) in [6.45, 7) is 5.45. The summed E-state index contributed by atoms with van der Waals surface area (Å²) in [5.41, 5.74) is 2.87. The highest BCUT2D eigenvalue weighted by Crippen LogP contribution is 2.36. The number of fused-ring (bicyclic) bond motifs is 1. The predicted octanol–water partition coefficient (Wildman–Crippen LogP) is 6.38. The second kappa shape index (κ2) is 7.50. The van der Waals surface area contributed by atoms with Gasteiger partial charge in [-0.05, 0) is 35.7 Å². The summed E-state index contributed by atoms with van der Waals surface area (Å²) in [5, 5.41) is 10.8. The molecule has 1 N–H and O–H groups in total. The van der Waals surface area contributed by atoms with Crippen molar-refractivity contribution in [3.05, 3.63) is 95.4 Å². The van der Waals surface area contributed by atoms with Crippen LogP contribution < -0.4 is 0 Å². The molecule has 5 heteroatoms. The van der Waals surface area contributed by atoms with E-state index in [0.717, 1.165) is 26.1 Å². The molecule has 0 radical (unpaired) electrons. The lowest BCUT2D eigenvalue weighted by Gasteiger charge is -2.12. The maximum absolute atomic E-state index is 13.4. The van der Waals surface area contributed by atoms with Crippen LogP contribution in [0.3, 0.4) is 0 Å². The molecule has 1 heterocycles. The van der Waals surface area contributed by atoms with E-state index in [1.165, 1.54) is 11.3 Å². The van der Waals surface area contributed by atoms with E-state index in [1.54, 1.807) is 6.07 Å². The van der Waals surface area contributed by atoms with Crippen molar-refractivity contribution in [2.75, 3.05) is 0 Å². The molecule has 29 heavy (non-hydrogen) atoms. The number of rotatable bonds is 5. The maximum Gasteiger partial charge on any atom is 0.184 e. The van der Waals surface area contributed by atoms with Gasteiger partial charge in [-0.3, -0.25) is 0 Å². The molecular formula is C24H20O3S2. The normalized spacial score (nSPS) is 11.6. The first-order chi connectivity index (χ1) is 13.9. The number of aryl methyl sites for hydroxylation is 1. The van der Waals surface area contributed by atoms with Crippen molar-refractivity contribution in [2.45, 2.75) is 17.6 Å². The molecule has 0 spiro atoms. The topological polar surface area (TPSA) is 54.4 Å². The van der Waals surface area contributed by atoms with Crippen LogP contribution in [0.15, 0.2) is 84.3 Å². The first kappa shape index (κ1) is 19.4. The molecule has 4 rings (SSSR count). The van der Waals surface area contributed by atoms with Gasteiger partial charge in [0.05, 0.1) is 10.6 Å². The Hall–Kier alpha value is -2.89. The first-order valence-electron chi connectivity index (χ1n) is 9.14. The number of benzene rings is 3. The fraction of sp³-hybridized carbons (Fsp3) is 0.0833. The van der Waals surface area contributed by atoms with Crippen LogP contribution in [-0.2, 0) is 15.6 Å². The van der Waals surface area contributed by atoms with Crippen LogP contribution in [-0.4, -0.2) is 13.5 Å². The molecule has 0 aliphatic heterocycles. The van der Waals surface area contributed by atoms with Crippen molar-refractivity contribution in [1.29, 1.82) is 0 Å². The molecule has 4 aromatic rings. The van der Waals surface area contributed by atoms with E-state index in [1.807, 2.05) is 73.7 Å². The Morgan fingerprint density at radius 1 is 0.966 bits per heavy atom. The van der Waals surface area contributed by atoms with Gasteiger partial charge in [-0.25, -0.2) is 8.42 Å². The summed E-state index contributed by atoms with van der Waals surface area (Å²) >= 11 is 1.48. The van der Waals surface area contributed by atoms with Gasteiger partial charge in [-0.1, -0.05) is 67.2 Å². The number of hydrogen-bond acceptors (Lipinski definition) is 4. The molecule has 0 saturated heterocycles. The highest BCUT2D eigenvalue weighted by atomic mass is 32.2. The van der Waals surface area contributed by atoms with Crippen LogP contribution in [0.25, 0.3) is 27.0 Å². The lowest BCUT2D eigenvalue weighted by Crippen LogP contribution is -2.08. The van der Waals surface area contributed by atoms with Crippen molar-refractivity contribution in [3.8, 4) is 11.1 Å². The molecule has 0 aliphatic carbocycles. The van der Waals surface area contributed by atoms with Crippen molar-refractivity contribution in [1.82, 2.24) is 0 Å². The third-order valence-corrected chi connectivity index (χ3v) is 7.95. The first-order valence-corrected chi connectivity index (χ1v) is 11.6. The molecule has 0 fully saturated rings. The Morgan fingerprint density at radius 2 is 1.66 bits per heavy atom. The van der Waals surface area contributed by atoms with Crippen LogP contribution in [0.2, 0.25) is 0 Å². The molecule has 0 unspecified atom stereocenters. The molecule has 146 valence electrons. The summed E-state index contributed by atoms with van der Waals surface area (Å²) in [5.74, 6) is -0.342. The van der Waals surface area contributed by atoms with Crippen molar-refractivity contribution in [3.63, 3.8) is 0 Å². The van der Waals surface area contributed by atoms with E-state index >= 15 is 0 Å². The standard InChI is InChI=1S/C24H20O3S2/c1-16(25)21-13-12-19(18-8-4-3-5-9-18)14-20(21)15-29(26,27)24-17(2)28-23-11-7-6-10-22(23)24/h3-14,25H,1,15H2,2H3. The van der Waals surface area contributed by atoms with E-state index in [9.17, 15) is 13.5 Å². The molecule has 0 amide bonds. The van der Waals surface area contributed by atoms with Crippen LogP contribution in [0.4, 0.5) is 0 Å². The zero-order chi connectivity index (χ0) is 20.6. The van der Waals surface area contributed by atoms with E-state index in [2.05, 4.69) is 6.58 Å². The largest absolute Gasteiger partial charge is 0.508 e. The number of aliphatic hydroxyl groups excluding tert-OH is 1. The van der Waals surface area contributed by atoms with Gasteiger partial charge in [0.1, 0.15) is 5.76 Å². The lowest BCUT2D eigenvalue weighted by molar-refractivity contribution is 0.513. The van der Waals surface area contributed by atoms with Gasteiger partial charge in [-0.15, -0.1) is 11.3 Å². The Bertz CT molecular complexity index is 1320. The summed E-state index contributed by atoms with van der Waals surface area (Å²) in [6.07, 6.45) is 0. The fourth-order valence-corrected chi connectivity index (χ4v) is 6.89. The number of thiophene rings is 1. The van der Waals surface area contributed by atoms with E-state index < -0.39 is 9.84 Å². The summed E-state index contributed by atoms with van der Waals surface area (Å²) in [6, 6.07) is 22.7. The van der Waals surface area contributed by atoms with Gasteiger partial charge >= 0.3 is 0 Å². The zero-order valence-electron chi connectivity index (χ0n) is 15.9. The third-order valence-electron chi connectivity index (χ3n) is 4.89. The van der Waals surface area contributed by atoms with Crippen molar-refractivity contribution in [2.24, 2.45) is 0 Å². The minimum atomic E-state index is -3.62. The lowest BCUT2D eigenvalue weighted by atomic mass is 9.99. The SMILES string of the molecule is C=C(O)c1ccc(-c2ccccc2)cc1CS(=O)(=O)c1c(C)sc2ccccc12. The van der Waals surface area contributed by atoms with Crippen LogP contribution in [0.5, 0.6) is 0 Å². The highest BCUT2D eigenvalue weighted by Gasteiger charge is 2.24. The summed E-state index contributed by atoms with van der Waals surface area (Å²) in [4.78, 5) is 1.15.